The molecule has 0 aliphatic heterocycles. The van der Waals surface area contributed by atoms with Crippen molar-refractivity contribution < 1.29 is 4.39 Å². The maximum atomic E-state index is 12.6. The van der Waals surface area contributed by atoms with Crippen molar-refractivity contribution in [2.75, 3.05) is 0 Å². The zero-order valence-corrected chi connectivity index (χ0v) is 8.07. The van der Waals surface area contributed by atoms with Crippen molar-refractivity contribution in [2.24, 2.45) is 0 Å². The summed E-state index contributed by atoms with van der Waals surface area (Å²) in [5.41, 5.74) is 0.818. The Hall–Kier alpha value is 0.100. The molecule has 1 aromatic rings. The lowest BCUT2D eigenvalue weighted by molar-refractivity contribution is 0.574. The molecule has 0 spiro atoms. The Kier molecular flexibility index (Phi) is 2.46. The van der Waals surface area contributed by atoms with Gasteiger partial charge in [-0.15, -0.1) is 0 Å². The first-order valence-electron chi connectivity index (χ1n) is 2.59. The number of aromatic nitrogens is 1. The van der Waals surface area contributed by atoms with Gasteiger partial charge in [-0.3, -0.25) is 0 Å². The number of hydrogen-bond donors (Lipinski definition) is 0. The Morgan fingerprint density at radius 3 is 2.80 bits per heavy atom. The van der Waals surface area contributed by atoms with Gasteiger partial charge < -0.3 is 0 Å². The van der Waals surface area contributed by atoms with Gasteiger partial charge in [-0.1, -0.05) is 11.6 Å². The number of rotatable bonds is 0. The van der Waals surface area contributed by atoms with Crippen LogP contribution in [0.5, 0.6) is 0 Å². The van der Waals surface area contributed by atoms with Crippen molar-refractivity contribution in [1.29, 1.82) is 0 Å². The molecule has 1 aromatic heterocycles. The van der Waals surface area contributed by atoms with Crippen molar-refractivity contribution in [1.82, 2.24) is 4.98 Å². The summed E-state index contributed by atoms with van der Waals surface area (Å²) in [4.78, 5) is 3.43. The van der Waals surface area contributed by atoms with Crippen LogP contribution in [0.1, 0.15) is 5.56 Å². The summed E-state index contributed by atoms with van der Waals surface area (Å²) in [5.74, 6) is -0.495. The van der Waals surface area contributed by atoms with Gasteiger partial charge in [-0.25, -0.2) is 4.98 Å². The van der Waals surface area contributed by atoms with E-state index >= 15 is 0 Å². The second kappa shape index (κ2) is 3.00. The van der Waals surface area contributed by atoms with Gasteiger partial charge in [0, 0.05) is 0 Å². The van der Waals surface area contributed by atoms with E-state index in [2.05, 4.69) is 4.98 Å². The lowest BCUT2D eigenvalue weighted by atomic mass is 10.3. The van der Waals surface area contributed by atoms with Gasteiger partial charge >= 0.3 is 0 Å². The van der Waals surface area contributed by atoms with Crippen LogP contribution in [0.3, 0.4) is 0 Å². The fraction of sp³-hybridized carbons (Fsp3) is 0.167. The van der Waals surface area contributed by atoms with Gasteiger partial charge in [0.05, 0.1) is 3.57 Å². The second-order valence-electron chi connectivity index (χ2n) is 1.87. The van der Waals surface area contributed by atoms with E-state index in [1.54, 1.807) is 13.0 Å². The molecular formula is C6H4ClFIN. The third-order valence-electron chi connectivity index (χ3n) is 1.07. The Morgan fingerprint density at radius 1 is 1.70 bits per heavy atom. The van der Waals surface area contributed by atoms with Gasteiger partial charge in [-0.2, -0.15) is 4.39 Å². The van der Waals surface area contributed by atoms with Crippen LogP contribution in [-0.2, 0) is 0 Å². The van der Waals surface area contributed by atoms with Crippen molar-refractivity contribution in [2.45, 2.75) is 6.92 Å². The summed E-state index contributed by atoms with van der Waals surface area (Å²) in [6.45, 7) is 1.79. The molecule has 0 unspecified atom stereocenters. The summed E-state index contributed by atoms with van der Waals surface area (Å²) in [5, 5.41) is 0.204. The summed E-state index contributed by atoms with van der Waals surface area (Å²) >= 11 is 7.36. The standard InChI is InChI=1S/C6H4ClFIN/c1-3-2-4(7)10-6(8)5(3)9/h2H,1H3. The monoisotopic (exact) mass is 271 g/mol. The first-order valence-corrected chi connectivity index (χ1v) is 4.05. The predicted molar refractivity (Wildman–Crippen MR) is 46.7 cm³/mol. The quantitative estimate of drug-likeness (QED) is 0.522. The molecular weight excluding hydrogens is 267 g/mol. The molecule has 0 aliphatic carbocycles. The lowest BCUT2D eigenvalue weighted by Crippen LogP contribution is -1.91. The number of hydrogen-bond acceptors (Lipinski definition) is 1. The summed E-state index contributed by atoms with van der Waals surface area (Å²) in [6.07, 6.45) is 0. The maximum Gasteiger partial charge on any atom is 0.227 e. The highest BCUT2D eigenvalue weighted by Gasteiger charge is 2.04. The van der Waals surface area contributed by atoms with E-state index < -0.39 is 5.95 Å². The van der Waals surface area contributed by atoms with E-state index in [9.17, 15) is 4.39 Å². The Morgan fingerprint density at radius 2 is 2.30 bits per heavy atom. The highest BCUT2D eigenvalue weighted by molar-refractivity contribution is 14.1. The van der Waals surface area contributed by atoms with Gasteiger partial charge in [0.15, 0.2) is 0 Å². The summed E-state index contributed by atoms with van der Waals surface area (Å²) in [6, 6.07) is 1.63. The van der Waals surface area contributed by atoms with Crippen LogP contribution in [0.25, 0.3) is 0 Å². The minimum absolute atomic E-state index is 0.204. The normalized spacial score (nSPS) is 10.0. The molecule has 0 amide bonds. The molecule has 0 radical (unpaired) electrons. The molecule has 0 saturated heterocycles. The van der Waals surface area contributed by atoms with Gasteiger partial charge in [0.25, 0.3) is 0 Å². The topological polar surface area (TPSA) is 12.9 Å². The molecule has 0 aliphatic rings. The van der Waals surface area contributed by atoms with Gasteiger partial charge in [0.1, 0.15) is 5.15 Å². The van der Waals surface area contributed by atoms with E-state index in [-0.39, 0.29) is 5.15 Å². The lowest BCUT2D eigenvalue weighted by Gasteiger charge is -1.97. The molecule has 0 saturated carbocycles. The van der Waals surface area contributed by atoms with Crippen LogP contribution in [0, 0.1) is 16.4 Å². The zero-order chi connectivity index (χ0) is 7.72. The van der Waals surface area contributed by atoms with Gasteiger partial charge in [0.2, 0.25) is 5.95 Å². The van der Waals surface area contributed by atoms with E-state index in [0.29, 0.717) is 3.57 Å². The number of pyridine rings is 1. The minimum atomic E-state index is -0.495. The highest BCUT2D eigenvalue weighted by atomic mass is 127. The molecule has 0 aromatic carbocycles. The Balaban J connectivity index is 3.31. The number of nitrogens with zero attached hydrogens (tertiary/aromatic N) is 1. The van der Waals surface area contributed by atoms with E-state index in [0.717, 1.165) is 5.56 Å². The molecule has 1 nitrogen and oxygen atoms in total. The van der Waals surface area contributed by atoms with E-state index in [4.69, 9.17) is 11.6 Å². The molecule has 1 rings (SSSR count). The van der Waals surface area contributed by atoms with E-state index in [1.165, 1.54) is 0 Å². The highest BCUT2D eigenvalue weighted by Crippen LogP contribution is 2.17. The molecule has 0 atom stereocenters. The third kappa shape index (κ3) is 1.58. The fourth-order valence-electron chi connectivity index (χ4n) is 0.580. The summed E-state index contributed by atoms with van der Waals surface area (Å²) in [7, 11) is 0. The first kappa shape index (κ1) is 8.20. The molecule has 0 bridgehead atoms. The van der Waals surface area contributed by atoms with Crippen molar-refractivity contribution in [3.63, 3.8) is 0 Å². The first-order chi connectivity index (χ1) is 4.61. The van der Waals surface area contributed by atoms with Crippen LogP contribution >= 0.6 is 34.2 Å². The Bertz CT molecular complexity index is 241. The van der Waals surface area contributed by atoms with Crippen LogP contribution in [0.2, 0.25) is 5.15 Å². The van der Waals surface area contributed by atoms with Crippen molar-refractivity contribution in [3.05, 3.63) is 26.3 Å². The average molecular weight is 271 g/mol. The predicted octanol–water partition coefficient (Wildman–Crippen LogP) is 2.79. The molecule has 0 fully saturated rings. The number of halogens is 3. The summed E-state index contributed by atoms with van der Waals surface area (Å²) < 4.78 is 13.2. The Labute approximate surface area is 76.7 Å². The molecule has 1 heterocycles. The van der Waals surface area contributed by atoms with Crippen LogP contribution in [0.4, 0.5) is 4.39 Å². The molecule has 4 heteroatoms. The van der Waals surface area contributed by atoms with Crippen LogP contribution in [-0.4, -0.2) is 4.98 Å². The molecule has 10 heavy (non-hydrogen) atoms. The van der Waals surface area contributed by atoms with Crippen LogP contribution < -0.4 is 0 Å². The van der Waals surface area contributed by atoms with Crippen LogP contribution in [0.15, 0.2) is 6.07 Å². The smallest absolute Gasteiger partial charge is 0.207 e. The van der Waals surface area contributed by atoms with Crippen molar-refractivity contribution >= 4 is 34.2 Å². The molecule has 0 N–H and O–H groups in total. The largest absolute Gasteiger partial charge is 0.227 e. The average Bonchev–Trinajstić information content (AvgIpc) is 1.82. The molecule has 54 valence electrons. The zero-order valence-electron chi connectivity index (χ0n) is 5.16. The van der Waals surface area contributed by atoms with Gasteiger partial charge in [-0.05, 0) is 41.1 Å². The van der Waals surface area contributed by atoms with Crippen molar-refractivity contribution in [3.8, 4) is 0 Å². The third-order valence-corrected chi connectivity index (χ3v) is 2.56. The van der Waals surface area contributed by atoms with E-state index in [1.807, 2.05) is 22.6 Å². The maximum absolute atomic E-state index is 12.6. The second-order valence-corrected chi connectivity index (χ2v) is 3.33. The SMILES string of the molecule is Cc1cc(Cl)nc(F)c1I. The minimum Gasteiger partial charge on any atom is -0.207 e. The number of aryl methyl sites for hydroxylation is 1. The fourth-order valence-corrected chi connectivity index (χ4v) is 1.09.